The maximum Gasteiger partial charge on any atom is 0.573 e. The Morgan fingerprint density at radius 1 is 0.652 bits per heavy atom. The SMILES string of the molecule is [B]c1nc(C([B])([B])N2C(=O)c3c([B])c(-c4c([B])c([B])c(OC(F)(F)F)c([B])c4[B])c([B])c([B])c3OC([B])([B])C2([B])[B])nc([B])c1[B]. The molecule has 0 unspecified atom stereocenters. The number of carbonyl (C=O) groups is 1. The molecule has 1 aliphatic heterocycles. The minimum absolute atomic E-state index is 0.258. The van der Waals surface area contributed by atoms with Crippen molar-refractivity contribution < 1.29 is 27.4 Å². The first-order chi connectivity index (χ1) is 20.8. The summed E-state index contributed by atoms with van der Waals surface area (Å²) >= 11 is 0. The number of ether oxygens (including phenoxy) is 2. The molecule has 0 bridgehead atoms. The van der Waals surface area contributed by atoms with E-state index >= 15 is 0 Å². The van der Waals surface area contributed by atoms with Crippen LogP contribution in [-0.2, 0) is 5.34 Å². The lowest BCUT2D eigenvalue weighted by Crippen LogP contribution is -2.74. The number of hydrogen-bond acceptors (Lipinski definition) is 5. The van der Waals surface area contributed by atoms with Crippen molar-refractivity contribution in [1.82, 2.24) is 14.9 Å². The summed E-state index contributed by atoms with van der Waals surface area (Å²) in [6.07, 6.45) is -5.25. The highest BCUT2D eigenvalue weighted by Crippen LogP contribution is 2.38. The highest BCUT2D eigenvalue weighted by atomic mass is 19.4. The summed E-state index contributed by atoms with van der Waals surface area (Å²) in [5, 5.41) is -8.50. The van der Waals surface area contributed by atoms with E-state index in [4.69, 9.17) is 130 Å². The van der Waals surface area contributed by atoms with Gasteiger partial charge in [0.1, 0.15) is 127 Å². The van der Waals surface area contributed by atoms with Crippen molar-refractivity contribution in [3.8, 4) is 22.6 Å². The normalized spacial score (nSPS) is 15.9. The van der Waals surface area contributed by atoms with E-state index in [2.05, 4.69) is 14.7 Å². The van der Waals surface area contributed by atoms with E-state index in [-0.39, 0.29) is 10.4 Å². The standard InChI is InChI=1S/C21B16F3N3O3/c22-4-1(2-6(24)9(27)13(10(28)7(2)25)46-21(38,39)40)5(23)8(26)12-3(4)16(44)43(19(34,35)20(36,37)45-12)18(32,33)17-41-14(30)11(29)15(31)42-17. The fourth-order valence-corrected chi connectivity index (χ4v) is 4.63. The van der Waals surface area contributed by atoms with Gasteiger partial charge in [0, 0.05) is 10.7 Å². The number of nitrogens with zero attached hydrogens (tertiary/aromatic N) is 3. The van der Waals surface area contributed by atoms with Crippen molar-refractivity contribution in [2.24, 2.45) is 0 Å². The summed E-state index contributed by atoms with van der Waals surface area (Å²) in [5.41, 5.74) is -7.60. The van der Waals surface area contributed by atoms with Crippen molar-refractivity contribution in [1.29, 1.82) is 0 Å². The molecule has 0 atom stereocenters. The van der Waals surface area contributed by atoms with Crippen LogP contribution in [0.5, 0.6) is 11.5 Å². The lowest BCUT2D eigenvalue weighted by Gasteiger charge is -2.55. The van der Waals surface area contributed by atoms with Crippen molar-refractivity contribution in [3.05, 3.63) is 11.4 Å². The number of fused-ring (bicyclic) bond motifs is 1. The molecule has 0 saturated heterocycles. The molecule has 186 valence electrons. The van der Waals surface area contributed by atoms with Crippen molar-refractivity contribution in [2.75, 3.05) is 0 Å². The number of alkyl halides is 3. The second kappa shape index (κ2) is 11.5. The van der Waals surface area contributed by atoms with Gasteiger partial charge in [-0.25, -0.2) is 9.97 Å². The molecule has 32 radical (unpaired) electrons. The maximum atomic E-state index is 14.4. The maximum absolute atomic E-state index is 14.4. The first kappa shape index (κ1) is 36.3. The first-order valence-corrected chi connectivity index (χ1v) is 12.3. The van der Waals surface area contributed by atoms with E-state index in [0.29, 0.717) is 0 Å². The number of hydrogen-bond donors (Lipinski definition) is 0. The zero-order valence-corrected chi connectivity index (χ0v) is 23.4. The van der Waals surface area contributed by atoms with Gasteiger partial charge in [-0.1, -0.05) is 43.7 Å². The molecule has 0 saturated carbocycles. The summed E-state index contributed by atoms with van der Waals surface area (Å²) in [7, 11) is 97.5. The van der Waals surface area contributed by atoms with Crippen LogP contribution in [0.15, 0.2) is 0 Å². The second-order valence-corrected chi connectivity index (χ2v) is 10.1. The Morgan fingerprint density at radius 2 is 1.09 bits per heavy atom. The smallest absolute Gasteiger partial charge is 0.506 e. The molecule has 0 spiro atoms. The molecule has 2 aromatic carbocycles. The Balaban J connectivity index is 2.10. The number of aromatic nitrogens is 2. The zero-order chi connectivity index (χ0) is 35.2. The van der Waals surface area contributed by atoms with Crippen LogP contribution in [-0.4, -0.2) is 163 Å². The van der Waals surface area contributed by atoms with Gasteiger partial charge in [-0.05, 0) is 27.7 Å². The topological polar surface area (TPSA) is 64.6 Å². The molecule has 6 nitrogen and oxygen atoms in total. The highest BCUT2D eigenvalue weighted by molar-refractivity contribution is 6.65. The van der Waals surface area contributed by atoms with Gasteiger partial charge in [-0.3, -0.25) is 4.79 Å². The Hall–Kier alpha value is -2.58. The number of carbonyl (C=O) groups excluding carboxylic acids is 1. The van der Waals surface area contributed by atoms with Crippen LogP contribution < -0.4 is 64.4 Å². The number of benzene rings is 2. The molecule has 1 aliphatic rings. The van der Waals surface area contributed by atoms with Gasteiger partial charge in [0.15, 0.2) is 0 Å². The molecule has 2 heterocycles. The Kier molecular flexibility index (Phi) is 9.09. The van der Waals surface area contributed by atoms with E-state index in [0.717, 1.165) is 0 Å². The molecule has 0 N–H and O–H groups in total. The molecule has 25 heteroatoms. The fourth-order valence-electron chi connectivity index (χ4n) is 4.63. The molecule has 46 heavy (non-hydrogen) atoms. The molecule has 1 amide bonds. The molecule has 0 aliphatic carbocycles. The molecule has 4 rings (SSSR count). The molecular formula is C21B16F3N3O3. The predicted octanol–water partition coefficient (Wildman–Crippen LogP) is -11.1. The van der Waals surface area contributed by atoms with Crippen LogP contribution >= 0.6 is 0 Å². The lowest BCUT2D eigenvalue weighted by atomic mass is 9.37. The van der Waals surface area contributed by atoms with Crippen molar-refractivity contribution in [2.45, 2.75) is 22.4 Å². The quantitative estimate of drug-likeness (QED) is 0.291. The third kappa shape index (κ3) is 5.55. The highest BCUT2D eigenvalue weighted by Gasteiger charge is 2.53. The van der Waals surface area contributed by atoms with Gasteiger partial charge in [0.25, 0.3) is 5.91 Å². The Morgan fingerprint density at radius 3 is 1.54 bits per heavy atom. The van der Waals surface area contributed by atoms with Crippen LogP contribution in [0.2, 0.25) is 0 Å². The van der Waals surface area contributed by atoms with Crippen LogP contribution in [0.1, 0.15) is 16.2 Å². The number of rotatable bonds is 4. The average Bonchev–Trinajstić information content (AvgIpc) is 2.98. The van der Waals surface area contributed by atoms with Gasteiger partial charge in [-0.2, -0.15) is 0 Å². The van der Waals surface area contributed by atoms with E-state index in [9.17, 15) is 18.0 Å². The summed E-state index contributed by atoms with van der Waals surface area (Å²) in [6.45, 7) is 0. The third-order valence-corrected chi connectivity index (χ3v) is 7.06. The van der Waals surface area contributed by atoms with E-state index in [1.165, 1.54) is 0 Å². The number of halogens is 3. The zero-order valence-electron chi connectivity index (χ0n) is 23.4. The monoisotopic (exact) mass is 575 g/mol. The fraction of sp³-hybridized carbons (Fsp3) is 0.190. The average molecular weight is 572 g/mol. The third-order valence-electron chi connectivity index (χ3n) is 7.06. The summed E-state index contributed by atoms with van der Waals surface area (Å²) in [6, 6.07) is 0. The van der Waals surface area contributed by atoms with Gasteiger partial charge < -0.3 is 14.4 Å². The van der Waals surface area contributed by atoms with Crippen LogP contribution in [0, 0.1) is 0 Å². The van der Waals surface area contributed by atoms with Crippen LogP contribution in [0.4, 0.5) is 13.2 Å². The minimum Gasteiger partial charge on any atom is -0.506 e. The second-order valence-electron chi connectivity index (χ2n) is 10.1. The van der Waals surface area contributed by atoms with Crippen LogP contribution in [0.3, 0.4) is 0 Å². The van der Waals surface area contributed by atoms with Crippen molar-refractivity contribution >= 4 is 186 Å². The molecule has 3 aromatic rings. The first-order valence-electron chi connectivity index (χ1n) is 12.3. The van der Waals surface area contributed by atoms with Crippen molar-refractivity contribution in [3.63, 3.8) is 0 Å². The summed E-state index contributed by atoms with van der Waals surface area (Å²) < 4.78 is 48.7. The van der Waals surface area contributed by atoms with E-state index in [1.807, 2.05) is 0 Å². The van der Waals surface area contributed by atoms with E-state index in [1.54, 1.807) is 0 Å². The predicted molar refractivity (Wildman–Crippen MR) is 183 cm³/mol. The molecule has 1 aromatic heterocycles. The van der Waals surface area contributed by atoms with Crippen LogP contribution in [0.25, 0.3) is 11.1 Å². The van der Waals surface area contributed by atoms with Gasteiger partial charge >= 0.3 is 6.36 Å². The largest absolute Gasteiger partial charge is 0.573 e. The summed E-state index contributed by atoms with van der Waals surface area (Å²) in [4.78, 5) is 22.4. The van der Waals surface area contributed by atoms with Gasteiger partial charge in [0.2, 0.25) is 0 Å². The summed E-state index contributed by atoms with van der Waals surface area (Å²) in [5.74, 6) is -3.90. The van der Waals surface area contributed by atoms with Gasteiger partial charge in [0.05, 0.1) is 21.3 Å². The Labute approximate surface area is 284 Å². The lowest BCUT2D eigenvalue weighted by molar-refractivity contribution is -0.273. The molecule has 0 fully saturated rings. The molecular weight excluding hydrogens is 572 g/mol. The minimum atomic E-state index is -5.25. The Bertz CT molecular complexity index is 1770. The number of amides is 1. The van der Waals surface area contributed by atoms with E-state index < -0.39 is 112 Å². The van der Waals surface area contributed by atoms with Gasteiger partial charge in [-0.15, -0.1) is 13.2 Å².